The summed E-state index contributed by atoms with van der Waals surface area (Å²) >= 11 is 0. The van der Waals surface area contributed by atoms with E-state index >= 15 is 0 Å². The van der Waals surface area contributed by atoms with E-state index in [2.05, 4.69) is 49.5 Å². The first-order valence-electron chi connectivity index (χ1n) is 6.72. The van der Waals surface area contributed by atoms with Gasteiger partial charge in [0.05, 0.1) is 6.61 Å². The number of hydrogen-bond donors (Lipinski definition) is 1. The average Bonchev–Trinajstić information content (AvgIpc) is 2.42. The first kappa shape index (κ1) is 13.5. The monoisotopic (exact) mass is 255 g/mol. The zero-order valence-corrected chi connectivity index (χ0v) is 11.9. The average molecular weight is 255 g/mol. The van der Waals surface area contributed by atoms with Crippen LogP contribution in [0.1, 0.15) is 23.6 Å². The van der Waals surface area contributed by atoms with Crippen molar-refractivity contribution in [1.29, 1.82) is 0 Å². The summed E-state index contributed by atoms with van der Waals surface area (Å²) in [5, 5.41) is 3.44. The van der Waals surface area contributed by atoms with E-state index < -0.39 is 0 Å². The molecular formula is C17H21NO. The van der Waals surface area contributed by atoms with Crippen LogP contribution in [0.3, 0.4) is 0 Å². The lowest BCUT2D eigenvalue weighted by molar-refractivity contribution is 0.340. The molecule has 0 heterocycles. The molecule has 0 aliphatic heterocycles. The van der Waals surface area contributed by atoms with Crippen molar-refractivity contribution in [2.75, 3.05) is 11.9 Å². The topological polar surface area (TPSA) is 21.3 Å². The van der Waals surface area contributed by atoms with Gasteiger partial charge in [-0.05, 0) is 61.7 Å². The van der Waals surface area contributed by atoms with Crippen molar-refractivity contribution in [3.63, 3.8) is 0 Å². The number of benzene rings is 2. The highest BCUT2D eigenvalue weighted by Gasteiger charge is 2.00. The summed E-state index contributed by atoms with van der Waals surface area (Å²) in [4.78, 5) is 0. The third-order valence-corrected chi connectivity index (χ3v) is 3.37. The van der Waals surface area contributed by atoms with E-state index in [1.807, 2.05) is 19.1 Å². The van der Waals surface area contributed by atoms with Gasteiger partial charge in [-0.15, -0.1) is 0 Å². The lowest BCUT2D eigenvalue weighted by Gasteiger charge is -2.11. The molecule has 2 nitrogen and oxygen atoms in total. The maximum atomic E-state index is 5.43. The van der Waals surface area contributed by atoms with Crippen LogP contribution in [0.5, 0.6) is 5.75 Å². The molecule has 0 unspecified atom stereocenters. The molecular weight excluding hydrogens is 234 g/mol. The van der Waals surface area contributed by atoms with Crippen LogP contribution in [0.4, 0.5) is 5.69 Å². The molecule has 19 heavy (non-hydrogen) atoms. The molecule has 0 atom stereocenters. The minimum atomic E-state index is 0.704. The molecule has 2 aromatic carbocycles. The van der Waals surface area contributed by atoms with Crippen molar-refractivity contribution >= 4 is 5.69 Å². The Labute approximate surface area is 115 Å². The molecule has 0 aliphatic rings. The number of ether oxygens (including phenoxy) is 1. The van der Waals surface area contributed by atoms with Crippen molar-refractivity contribution < 1.29 is 4.74 Å². The summed E-state index contributed by atoms with van der Waals surface area (Å²) in [5.74, 6) is 0.916. The predicted molar refractivity (Wildman–Crippen MR) is 80.9 cm³/mol. The van der Waals surface area contributed by atoms with E-state index in [9.17, 15) is 0 Å². The zero-order chi connectivity index (χ0) is 13.7. The first-order chi connectivity index (χ1) is 9.20. The fraction of sp³-hybridized carbons (Fsp3) is 0.294. The van der Waals surface area contributed by atoms with Crippen molar-refractivity contribution in [3.05, 3.63) is 59.2 Å². The standard InChI is InChI=1S/C17H21NO/c1-4-19-17-10-8-16(9-11-17)18-12-15-7-5-6-13(2)14(15)3/h5-11,18H,4,12H2,1-3H3. The lowest BCUT2D eigenvalue weighted by atomic mass is 10.0. The molecule has 2 rings (SSSR count). The van der Waals surface area contributed by atoms with Gasteiger partial charge in [0.15, 0.2) is 0 Å². The van der Waals surface area contributed by atoms with Crippen molar-refractivity contribution in [1.82, 2.24) is 0 Å². The smallest absolute Gasteiger partial charge is 0.119 e. The molecule has 2 aromatic rings. The van der Waals surface area contributed by atoms with E-state index in [-0.39, 0.29) is 0 Å². The maximum Gasteiger partial charge on any atom is 0.119 e. The summed E-state index contributed by atoms with van der Waals surface area (Å²) < 4.78 is 5.43. The molecule has 100 valence electrons. The van der Waals surface area contributed by atoms with Crippen LogP contribution in [-0.2, 0) is 6.54 Å². The molecule has 0 saturated carbocycles. The van der Waals surface area contributed by atoms with Crippen LogP contribution in [0.2, 0.25) is 0 Å². The van der Waals surface area contributed by atoms with Gasteiger partial charge in [-0.3, -0.25) is 0 Å². The Morgan fingerprint density at radius 2 is 1.74 bits per heavy atom. The third-order valence-electron chi connectivity index (χ3n) is 3.37. The summed E-state index contributed by atoms with van der Waals surface area (Å²) in [6, 6.07) is 14.5. The van der Waals surface area contributed by atoms with Crippen molar-refractivity contribution in [3.8, 4) is 5.75 Å². The number of anilines is 1. The van der Waals surface area contributed by atoms with Gasteiger partial charge >= 0.3 is 0 Å². The Hall–Kier alpha value is -1.96. The Morgan fingerprint density at radius 1 is 1.00 bits per heavy atom. The Balaban J connectivity index is 2.00. The van der Waals surface area contributed by atoms with Crippen LogP contribution in [0, 0.1) is 13.8 Å². The third kappa shape index (κ3) is 3.50. The van der Waals surface area contributed by atoms with Gasteiger partial charge in [0.25, 0.3) is 0 Å². The Bertz CT molecular complexity index is 531. The SMILES string of the molecule is CCOc1ccc(NCc2cccc(C)c2C)cc1. The molecule has 0 saturated heterocycles. The van der Waals surface area contributed by atoms with Crippen LogP contribution in [0.15, 0.2) is 42.5 Å². The Morgan fingerprint density at radius 3 is 2.42 bits per heavy atom. The summed E-state index contributed by atoms with van der Waals surface area (Å²) in [5.41, 5.74) is 5.16. The second-order valence-corrected chi connectivity index (χ2v) is 4.67. The molecule has 0 spiro atoms. The van der Waals surface area contributed by atoms with E-state index in [0.29, 0.717) is 6.61 Å². The highest BCUT2D eigenvalue weighted by molar-refractivity contribution is 5.47. The molecule has 0 bridgehead atoms. The highest BCUT2D eigenvalue weighted by atomic mass is 16.5. The number of hydrogen-bond acceptors (Lipinski definition) is 2. The molecule has 0 radical (unpaired) electrons. The number of aryl methyl sites for hydroxylation is 1. The highest BCUT2D eigenvalue weighted by Crippen LogP contribution is 2.18. The van der Waals surface area contributed by atoms with Crippen LogP contribution in [0.25, 0.3) is 0 Å². The van der Waals surface area contributed by atoms with E-state index in [0.717, 1.165) is 18.0 Å². The van der Waals surface area contributed by atoms with Gasteiger partial charge in [0.2, 0.25) is 0 Å². The number of nitrogens with one attached hydrogen (secondary N) is 1. The second-order valence-electron chi connectivity index (χ2n) is 4.67. The predicted octanol–water partition coefficient (Wildman–Crippen LogP) is 4.31. The van der Waals surface area contributed by atoms with Gasteiger partial charge in [0, 0.05) is 12.2 Å². The lowest BCUT2D eigenvalue weighted by Crippen LogP contribution is -2.02. The number of rotatable bonds is 5. The molecule has 0 aliphatic carbocycles. The second kappa shape index (κ2) is 6.28. The van der Waals surface area contributed by atoms with Crippen LogP contribution in [-0.4, -0.2) is 6.61 Å². The van der Waals surface area contributed by atoms with Gasteiger partial charge in [0.1, 0.15) is 5.75 Å². The van der Waals surface area contributed by atoms with Crippen LogP contribution < -0.4 is 10.1 Å². The largest absolute Gasteiger partial charge is 0.494 e. The molecule has 2 heteroatoms. The summed E-state index contributed by atoms with van der Waals surface area (Å²) in [7, 11) is 0. The Kier molecular flexibility index (Phi) is 4.45. The van der Waals surface area contributed by atoms with E-state index in [4.69, 9.17) is 4.74 Å². The van der Waals surface area contributed by atoms with Crippen molar-refractivity contribution in [2.24, 2.45) is 0 Å². The fourth-order valence-corrected chi connectivity index (χ4v) is 2.04. The summed E-state index contributed by atoms with van der Waals surface area (Å²) in [6.45, 7) is 7.86. The minimum Gasteiger partial charge on any atom is -0.494 e. The van der Waals surface area contributed by atoms with Gasteiger partial charge in [-0.1, -0.05) is 18.2 Å². The fourth-order valence-electron chi connectivity index (χ4n) is 2.04. The van der Waals surface area contributed by atoms with Crippen LogP contribution >= 0.6 is 0 Å². The van der Waals surface area contributed by atoms with E-state index in [1.165, 1.54) is 16.7 Å². The molecule has 0 aromatic heterocycles. The zero-order valence-electron chi connectivity index (χ0n) is 11.9. The van der Waals surface area contributed by atoms with Gasteiger partial charge in [-0.25, -0.2) is 0 Å². The molecule has 0 fully saturated rings. The summed E-state index contributed by atoms with van der Waals surface area (Å²) in [6.07, 6.45) is 0. The molecule has 1 N–H and O–H groups in total. The molecule has 0 amide bonds. The van der Waals surface area contributed by atoms with Gasteiger partial charge < -0.3 is 10.1 Å². The van der Waals surface area contributed by atoms with Crippen molar-refractivity contribution in [2.45, 2.75) is 27.3 Å². The first-order valence-corrected chi connectivity index (χ1v) is 6.72. The maximum absolute atomic E-state index is 5.43. The minimum absolute atomic E-state index is 0.704. The van der Waals surface area contributed by atoms with E-state index in [1.54, 1.807) is 0 Å². The normalized spacial score (nSPS) is 10.3. The quantitative estimate of drug-likeness (QED) is 0.859. The van der Waals surface area contributed by atoms with Gasteiger partial charge in [-0.2, -0.15) is 0 Å².